The Labute approximate surface area is 116 Å². The lowest BCUT2D eigenvalue weighted by Gasteiger charge is -2.23. The summed E-state index contributed by atoms with van der Waals surface area (Å²) in [5.74, 6) is 0.186. The summed E-state index contributed by atoms with van der Waals surface area (Å²) in [6.45, 7) is 7.36. The highest BCUT2D eigenvalue weighted by Gasteiger charge is 2.12. The van der Waals surface area contributed by atoms with E-state index in [1.807, 2.05) is 42.8 Å². The first kappa shape index (κ1) is 15.7. The van der Waals surface area contributed by atoms with Crippen molar-refractivity contribution in [3.05, 3.63) is 35.4 Å². The van der Waals surface area contributed by atoms with Crippen LogP contribution in [-0.2, 0) is 17.9 Å². The Morgan fingerprint density at radius 1 is 1.11 bits per heavy atom. The summed E-state index contributed by atoms with van der Waals surface area (Å²) in [5.41, 5.74) is 7.90. The molecular formula is C15H25N3O. The normalized spacial score (nSPS) is 10.8. The van der Waals surface area contributed by atoms with Gasteiger partial charge in [0.25, 0.3) is 0 Å². The standard InChI is InChI=1S/C15H25N3O/c1-4-18(5-2)15(19)12-17(3)11-14-8-6-13(10-16)7-9-14/h6-9H,4-5,10-12,16H2,1-3H3. The number of carbonyl (C=O) groups excluding carboxylic acids is 1. The predicted molar refractivity (Wildman–Crippen MR) is 78.6 cm³/mol. The zero-order valence-electron chi connectivity index (χ0n) is 12.2. The Morgan fingerprint density at radius 3 is 2.11 bits per heavy atom. The van der Waals surface area contributed by atoms with Crippen molar-refractivity contribution in [3.8, 4) is 0 Å². The maximum absolute atomic E-state index is 12.0. The van der Waals surface area contributed by atoms with Crippen LogP contribution in [0.2, 0.25) is 0 Å². The zero-order valence-corrected chi connectivity index (χ0v) is 12.2. The number of amides is 1. The largest absolute Gasteiger partial charge is 0.342 e. The molecule has 19 heavy (non-hydrogen) atoms. The first-order chi connectivity index (χ1) is 9.10. The molecule has 1 aromatic rings. The highest BCUT2D eigenvalue weighted by Crippen LogP contribution is 2.06. The zero-order chi connectivity index (χ0) is 14.3. The summed E-state index contributed by atoms with van der Waals surface area (Å²) in [6.07, 6.45) is 0. The molecule has 1 rings (SSSR count). The van der Waals surface area contributed by atoms with Gasteiger partial charge in [0.1, 0.15) is 0 Å². The van der Waals surface area contributed by atoms with Gasteiger partial charge in [0.05, 0.1) is 6.54 Å². The van der Waals surface area contributed by atoms with Crippen LogP contribution in [0.25, 0.3) is 0 Å². The Kier molecular flexibility index (Phi) is 6.53. The second-order valence-corrected chi connectivity index (χ2v) is 4.76. The van der Waals surface area contributed by atoms with E-state index in [-0.39, 0.29) is 5.91 Å². The molecule has 0 unspecified atom stereocenters. The molecule has 0 radical (unpaired) electrons. The fourth-order valence-corrected chi connectivity index (χ4v) is 2.06. The summed E-state index contributed by atoms with van der Waals surface area (Å²) in [5, 5.41) is 0. The van der Waals surface area contributed by atoms with Crippen molar-refractivity contribution in [1.29, 1.82) is 0 Å². The molecule has 0 saturated heterocycles. The SMILES string of the molecule is CCN(CC)C(=O)CN(C)Cc1ccc(CN)cc1. The van der Waals surface area contributed by atoms with E-state index in [0.717, 1.165) is 25.2 Å². The minimum atomic E-state index is 0.186. The molecular weight excluding hydrogens is 238 g/mol. The van der Waals surface area contributed by atoms with Gasteiger partial charge in [-0.3, -0.25) is 9.69 Å². The topological polar surface area (TPSA) is 49.6 Å². The number of benzene rings is 1. The molecule has 0 atom stereocenters. The second-order valence-electron chi connectivity index (χ2n) is 4.76. The summed E-state index contributed by atoms with van der Waals surface area (Å²) in [7, 11) is 1.97. The molecule has 4 nitrogen and oxygen atoms in total. The number of carbonyl (C=O) groups is 1. The molecule has 0 heterocycles. The minimum absolute atomic E-state index is 0.186. The van der Waals surface area contributed by atoms with Crippen molar-refractivity contribution in [1.82, 2.24) is 9.80 Å². The van der Waals surface area contributed by atoms with E-state index in [1.165, 1.54) is 5.56 Å². The van der Waals surface area contributed by atoms with Crippen molar-refractivity contribution in [3.63, 3.8) is 0 Å². The molecule has 0 aliphatic heterocycles. The molecule has 1 amide bonds. The smallest absolute Gasteiger partial charge is 0.236 e. The van der Waals surface area contributed by atoms with E-state index in [1.54, 1.807) is 0 Å². The Bertz CT molecular complexity index is 385. The van der Waals surface area contributed by atoms with Crippen LogP contribution in [0.4, 0.5) is 0 Å². The summed E-state index contributed by atoms with van der Waals surface area (Å²) >= 11 is 0. The lowest BCUT2D eigenvalue weighted by atomic mass is 10.1. The van der Waals surface area contributed by atoms with Crippen molar-refractivity contribution in [2.24, 2.45) is 5.73 Å². The molecule has 0 aliphatic rings. The first-order valence-electron chi connectivity index (χ1n) is 6.84. The molecule has 0 aliphatic carbocycles. The first-order valence-corrected chi connectivity index (χ1v) is 6.84. The number of likely N-dealkylation sites (N-methyl/N-ethyl adjacent to an activating group) is 2. The van der Waals surface area contributed by atoms with E-state index < -0.39 is 0 Å². The highest BCUT2D eigenvalue weighted by atomic mass is 16.2. The van der Waals surface area contributed by atoms with E-state index in [4.69, 9.17) is 5.73 Å². The van der Waals surface area contributed by atoms with Gasteiger partial charge in [0.15, 0.2) is 0 Å². The van der Waals surface area contributed by atoms with Crippen LogP contribution in [0, 0.1) is 0 Å². The van der Waals surface area contributed by atoms with Gasteiger partial charge < -0.3 is 10.6 Å². The Balaban J connectivity index is 2.49. The Hall–Kier alpha value is -1.39. The number of nitrogens with zero attached hydrogens (tertiary/aromatic N) is 2. The van der Waals surface area contributed by atoms with Crippen LogP contribution in [-0.4, -0.2) is 42.4 Å². The average molecular weight is 263 g/mol. The van der Waals surface area contributed by atoms with Crippen LogP contribution in [0.3, 0.4) is 0 Å². The Morgan fingerprint density at radius 2 is 1.63 bits per heavy atom. The maximum Gasteiger partial charge on any atom is 0.236 e. The minimum Gasteiger partial charge on any atom is -0.342 e. The van der Waals surface area contributed by atoms with Gasteiger partial charge in [-0.2, -0.15) is 0 Å². The van der Waals surface area contributed by atoms with Gasteiger partial charge >= 0.3 is 0 Å². The molecule has 0 bridgehead atoms. The van der Waals surface area contributed by atoms with Crippen molar-refractivity contribution < 1.29 is 4.79 Å². The molecule has 1 aromatic carbocycles. The van der Waals surface area contributed by atoms with Crippen LogP contribution in [0.15, 0.2) is 24.3 Å². The summed E-state index contributed by atoms with van der Waals surface area (Å²) < 4.78 is 0. The van der Waals surface area contributed by atoms with Crippen LogP contribution in [0.1, 0.15) is 25.0 Å². The maximum atomic E-state index is 12.0. The van der Waals surface area contributed by atoms with Crippen molar-refractivity contribution >= 4 is 5.91 Å². The van der Waals surface area contributed by atoms with Gasteiger partial charge in [-0.05, 0) is 32.0 Å². The number of rotatable bonds is 7. The van der Waals surface area contributed by atoms with Gasteiger partial charge in [-0.1, -0.05) is 24.3 Å². The second kappa shape index (κ2) is 7.92. The number of hydrogen-bond acceptors (Lipinski definition) is 3. The summed E-state index contributed by atoms with van der Waals surface area (Å²) in [6, 6.07) is 8.21. The van der Waals surface area contributed by atoms with E-state index in [0.29, 0.717) is 13.1 Å². The van der Waals surface area contributed by atoms with E-state index in [2.05, 4.69) is 12.1 Å². The van der Waals surface area contributed by atoms with Gasteiger partial charge in [-0.15, -0.1) is 0 Å². The van der Waals surface area contributed by atoms with Gasteiger partial charge in [-0.25, -0.2) is 0 Å². The molecule has 4 heteroatoms. The number of hydrogen-bond donors (Lipinski definition) is 1. The van der Waals surface area contributed by atoms with Crippen LogP contribution < -0.4 is 5.73 Å². The monoisotopic (exact) mass is 263 g/mol. The van der Waals surface area contributed by atoms with Crippen molar-refractivity contribution in [2.75, 3.05) is 26.7 Å². The number of nitrogens with two attached hydrogens (primary N) is 1. The van der Waals surface area contributed by atoms with Crippen molar-refractivity contribution in [2.45, 2.75) is 26.9 Å². The molecule has 2 N–H and O–H groups in total. The molecule has 0 aromatic heterocycles. The summed E-state index contributed by atoms with van der Waals surface area (Å²) in [4.78, 5) is 15.9. The molecule has 106 valence electrons. The van der Waals surface area contributed by atoms with E-state index in [9.17, 15) is 4.79 Å². The van der Waals surface area contributed by atoms with E-state index >= 15 is 0 Å². The predicted octanol–water partition coefficient (Wildman–Crippen LogP) is 1.45. The van der Waals surface area contributed by atoms with Crippen LogP contribution in [0.5, 0.6) is 0 Å². The van der Waals surface area contributed by atoms with Crippen LogP contribution >= 0.6 is 0 Å². The fraction of sp³-hybridized carbons (Fsp3) is 0.533. The third-order valence-corrected chi connectivity index (χ3v) is 3.23. The lowest BCUT2D eigenvalue weighted by Crippen LogP contribution is -2.38. The molecule has 0 spiro atoms. The quantitative estimate of drug-likeness (QED) is 0.810. The average Bonchev–Trinajstić information content (AvgIpc) is 2.40. The highest BCUT2D eigenvalue weighted by molar-refractivity contribution is 5.78. The van der Waals surface area contributed by atoms with Gasteiger partial charge in [0, 0.05) is 26.2 Å². The third kappa shape index (κ3) is 5.01. The fourth-order valence-electron chi connectivity index (χ4n) is 2.06. The van der Waals surface area contributed by atoms with Gasteiger partial charge in [0.2, 0.25) is 5.91 Å². The third-order valence-electron chi connectivity index (χ3n) is 3.23. The molecule has 0 saturated carbocycles. The molecule has 0 fully saturated rings. The lowest BCUT2D eigenvalue weighted by molar-refractivity contribution is -0.131.